The number of rotatable bonds is 2. The number of hydrogen-bond acceptors (Lipinski definition) is 2. The number of aromatic nitrogens is 1. The van der Waals surface area contributed by atoms with Crippen LogP contribution >= 0.6 is 0 Å². The van der Waals surface area contributed by atoms with Crippen molar-refractivity contribution in [2.45, 2.75) is 0 Å². The zero-order chi connectivity index (χ0) is 13.9. The third-order valence-corrected chi connectivity index (χ3v) is 3.03. The van der Waals surface area contributed by atoms with Gasteiger partial charge in [-0.3, -0.25) is 9.59 Å². The quantitative estimate of drug-likeness (QED) is 0.747. The van der Waals surface area contributed by atoms with Gasteiger partial charge in [-0.15, -0.1) is 0 Å². The Hall–Kier alpha value is -2.88. The average molecular weight is 264 g/mol. The molecular formula is C16H12N2O2. The smallest absolute Gasteiger partial charge is 0.256 e. The fourth-order valence-electron chi connectivity index (χ4n) is 2.11. The minimum Gasteiger partial charge on any atom is -0.322 e. The number of hydrogen-bond donors (Lipinski definition) is 2. The molecule has 0 saturated carbocycles. The minimum atomic E-state index is -0.293. The van der Waals surface area contributed by atoms with E-state index in [4.69, 9.17) is 0 Å². The third-order valence-electron chi connectivity index (χ3n) is 3.03. The van der Waals surface area contributed by atoms with Crippen molar-refractivity contribution in [3.05, 3.63) is 76.6 Å². The van der Waals surface area contributed by atoms with Gasteiger partial charge in [0.25, 0.3) is 5.91 Å². The van der Waals surface area contributed by atoms with Gasteiger partial charge in [-0.05, 0) is 18.2 Å². The van der Waals surface area contributed by atoms with Gasteiger partial charge in [0.2, 0.25) is 5.56 Å². The number of pyridine rings is 1. The van der Waals surface area contributed by atoms with E-state index >= 15 is 0 Å². The van der Waals surface area contributed by atoms with Crippen LogP contribution in [0.1, 0.15) is 10.4 Å². The first kappa shape index (κ1) is 12.2. The molecule has 1 aromatic heterocycles. The molecule has 0 atom stereocenters. The van der Waals surface area contributed by atoms with Gasteiger partial charge >= 0.3 is 0 Å². The lowest BCUT2D eigenvalue weighted by Gasteiger charge is -2.07. The molecule has 4 heteroatoms. The number of fused-ring (bicyclic) bond motifs is 1. The highest BCUT2D eigenvalue weighted by atomic mass is 16.2. The summed E-state index contributed by atoms with van der Waals surface area (Å²) in [5.74, 6) is -0.293. The zero-order valence-corrected chi connectivity index (χ0v) is 10.6. The Kier molecular flexibility index (Phi) is 3.05. The summed E-state index contributed by atoms with van der Waals surface area (Å²) >= 11 is 0. The van der Waals surface area contributed by atoms with Crippen molar-refractivity contribution < 1.29 is 4.79 Å². The molecule has 1 heterocycles. The van der Waals surface area contributed by atoms with Crippen LogP contribution in [0.15, 0.2) is 65.5 Å². The molecule has 98 valence electrons. The molecule has 0 fully saturated rings. The third kappa shape index (κ3) is 2.31. The van der Waals surface area contributed by atoms with E-state index < -0.39 is 0 Å². The molecule has 0 aliphatic carbocycles. The summed E-state index contributed by atoms with van der Waals surface area (Å²) in [7, 11) is 0. The molecule has 0 aliphatic rings. The van der Waals surface area contributed by atoms with Gasteiger partial charge in [-0.1, -0.05) is 36.4 Å². The summed E-state index contributed by atoms with van der Waals surface area (Å²) in [6, 6.07) is 17.7. The highest BCUT2D eigenvalue weighted by Gasteiger charge is 2.11. The van der Waals surface area contributed by atoms with Crippen LogP contribution in [-0.4, -0.2) is 10.9 Å². The summed E-state index contributed by atoms with van der Waals surface area (Å²) in [5, 5.41) is 3.51. The SMILES string of the molecule is O=C(Nc1ccccc1)c1cc(=O)[nH]c2ccccc12. The Labute approximate surface area is 115 Å². The summed E-state index contributed by atoms with van der Waals surface area (Å²) in [5.41, 5.74) is 1.43. The fourth-order valence-corrected chi connectivity index (χ4v) is 2.11. The molecule has 20 heavy (non-hydrogen) atoms. The second kappa shape index (κ2) is 5.01. The van der Waals surface area contributed by atoms with Crippen molar-refractivity contribution in [2.24, 2.45) is 0 Å². The van der Waals surface area contributed by atoms with Crippen molar-refractivity contribution in [2.75, 3.05) is 5.32 Å². The monoisotopic (exact) mass is 264 g/mol. The maximum Gasteiger partial charge on any atom is 0.256 e. The lowest BCUT2D eigenvalue weighted by atomic mass is 10.1. The van der Waals surface area contributed by atoms with Gasteiger partial charge in [-0.2, -0.15) is 0 Å². The van der Waals surface area contributed by atoms with Gasteiger partial charge in [-0.25, -0.2) is 0 Å². The van der Waals surface area contributed by atoms with Gasteiger partial charge < -0.3 is 10.3 Å². The van der Waals surface area contributed by atoms with Gasteiger partial charge in [0.15, 0.2) is 0 Å². The number of aromatic amines is 1. The summed E-state index contributed by atoms with van der Waals surface area (Å²) in [4.78, 5) is 26.7. The molecule has 0 saturated heterocycles. The van der Waals surface area contributed by atoms with E-state index in [1.165, 1.54) is 6.07 Å². The Bertz CT molecular complexity index is 823. The fraction of sp³-hybridized carbons (Fsp3) is 0. The molecule has 3 rings (SSSR count). The topological polar surface area (TPSA) is 62.0 Å². The first-order valence-corrected chi connectivity index (χ1v) is 6.22. The molecule has 2 aromatic carbocycles. The molecule has 2 N–H and O–H groups in total. The largest absolute Gasteiger partial charge is 0.322 e. The van der Waals surface area contributed by atoms with E-state index in [1.807, 2.05) is 36.4 Å². The number of H-pyrrole nitrogens is 1. The molecule has 0 bridgehead atoms. The molecule has 3 aromatic rings. The number of anilines is 1. The minimum absolute atomic E-state index is 0.290. The summed E-state index contributed by atoms with van der Waals surface area (Å²) < 4.78 is 0. The van der Waals surface area contributed by atoms with Crippen LogP contribution in [0.2, 0.25) is 0 Å². The Morgan fingerprint density at radius 1 is 0.950 bits per heavy atom. The second-order valence-corrected chi connectivity index (χ2v) is 4.41. The van der Waals surface area contributed by atoms with Crippen LogP contribution in [0.25, 0.3) is 10.9 Å². The van der Waals surface area contributed by atoms with Crippen LogP contribution in [-0.2, 0) is 0 Å². The van der Waals surface area contributed by atoms with Crippen molar-refractivity contribution in [3.8, 4) is 0 Å². The van der Waals surface area contributed by atoms with E-state index in [0.717, 1.165) is 5.39 Å². The number of amides is 1. The predicted octanol–water partition coefficient (Wildman–Crippen LogP) is 2.78. The molecule has 0 radical (unpaired) electrons. The molecule has 0 unspecified atom stereocenters. The summed E-state index contributed by atoms with van der Waals surface area (Å²) in [6.07, 6.45) is 0. The van der Waals surface area contributed by atoms with E-state index in [9.17, 15) is 9.59 Å². The van der Waals surface area contributed by atoms with Crippen molar-refractivity contribution in [3.63, 3.8) is 0 Å². The van der Waals surface area contributed by atoms with Crippen molar-refractivity contribution in [1.29, 1.82) is 0 Å². The number of nitrogens with one attached hydrogen (secondary N) is 2. The highest BCUT2D eigenvalue weighted by molar-refractivity contribution is 6.12. The zero-order valence-electron chi connectivity index (χ0n) is 10.6. The normalized spacial score (nSPS) is 10.4. The summed E-state index contributed by atoms with van der Waals surface area (Å²) in [6.45, 7) is 0. The van der Waals surface area contributed by atoms with Crippen LogP contribution in [0.3, 0.4) is 0 Å². The lowest BCUT2D eigenvalue weighted by molar-refractivity contribution is 0.102. The van der Waals surface area contributed by atoms with Crippen LogP contribution in [0, 0.1) is 0 Å². The van der Waals surface area contributed by atoms with E-state index in [2.05, 4.69) is 10.3 Å². The molecule has 4 nitrogen and oxygen atoms in total. The van der Waals surface area contributed by atoms with E-state index in [-0.39, 0.29) is 11.5 Å². The van der Waals surface area contributed by atoms with Crippen molar-refractivity contribution >= 4 is 22.5 Å². The molecule has 0 aliphatic heterocycles. The van der Waals surface area contributed by atoms with Gasteiger partial charge in [0.1, 0.15) is 0 Å². The number of carbonyl (C=O) groups is 1. The first-order chi connectivity index (χ1) is 9.74. The van der Waals surface area contributed by atoms with Crippen molar-refractivity contribution in [1.82, 2.24) is 4.98 Å². The maximum atomic E-state index is 12.3. The van der Waals surface area contributed by atoms with Crippen LogP contribution in [0.4, 0.5) is 5.69 Å². The Morgan fingerprint density at radius 3 is 2.45 bits per heavy atom. The maximum absolute atomic E-state index is 12.3. The van der Waals surface area contributed by atoms with Crippen LogP contribution < -0.4 is 10.9 Å². The standard InChI is InChI=1S/C16H12N2O2/c19-15-10-13(12-8-4-5-9-14(12)18-15)16(20)17-11-6-2-1-3-7-11/h1-10H,(H,17,20)(H,18,19). The van der Waals surface area contributed by atoms with Crippen LogP contribution in [0.5, 0.6) is 0 Å². The van der Waals surface area contributed by atoms with Gasteiger partial charge in [0.05, 0.1) is 5.56 Å². The first-order valence-electron chi connectivity index (χ1n) is 6.22. The lowest BCUT2D eigenvalue weighted by Crippen LogP contribution is -2.16. The predicted molar refractivity (Wildman–Crippen MR) is 79.0 cm³/mol. The number of para-hydroxylation sites is 2. The molecule has 1 amide bonds. The number of benzene rings is 2. The van der Waals surface area contributed by atoms with E-state index in [0.29, 0.717) is 16.8 Å². The Morgan fingerprint density at radius 2 is 1.65 bits per heavy atom. The average Bonchev–Trinajstić information content (AvgIpc) is 2.47. The highest BCUT2D eigenvalue weighted by Crippen LogP contribution is 2.16. The van der Waals surface area contributed by atoms with E-state index in [1.54, 1.807) is 18.2 Å². The molecule has 0 spiro atoms. The second-order valence-electron chi connectivity index (χ2n) is 4.41. The molecular weight excluding hydrogens is 252 g/mol. The number of carbonyl (C=O) groups excluding carboxylic acids is 1. The van der Waals surface area contributed by atoms with Gasteiger partial charge in [0, 0.05) is 22.7 Å². The Balaban J connectivity index is 2.05.